The van der Waals surface area contributed by atoms with Crippen LogP contribution in [0.25, 0.3) is 0 Å². The number of aromatic amines is 1. The lowest BCUT2D eigenvalue weighted by Gasteiger charge is -2.29. The van der Waals surface area contributed by atoms with Gasteiger partial charge in [0.25, 0.3) is 0 Å². The van der Waals surface area contributed by atoms with E-state index in [2.05, 4.69) is 94.7 Å². The maximum absolute atomic E-state index is 5.82. The van der Waals surface area contributed by atoms with Crippen LogP contribution >= 0.6 is 34.8 Å². The highest BCUT2D eigenvalue weighted by Gasteiger charge is 2.43. The van der Waals surface area contributed by atoms with E-state index in [0.29, 0.717) is 0 Å². The second-order valence-electron chi connectivity index (χ2n) is 7.37. The van der Waals surface area contributed by atoms with E-state index >= 15 is 0 Å². The minimum atomic E-state index is -0.0160. The largest absolute Gasteiger partial charge is 0.362 e. The quantitative estimate of drug-likeness (QED) is 0.371. The van der Waals surface area contributed by atoms with Gasteiger partial charge in [-0.25, -0.2) is 0 Å². The molecule has 4 nitrogen and oxygen atoms in total. The maximum atomic E-state index is 5.82. The second kappa shape index (κ2) is 7.48. The predicted molar refractivity (Wildman–Crippen MR) is 127 cm³/mol. The normalized spacial score (nSPS) is 19.2. The van der Waals surface area contributed by atoms with E-state index in [1.165, 1.54) is 31.6 Å². The molecular weight excluding hydrogens is 479 g/mol. The van der Waals surface area contributed by atoms with E-state index in [9.17, 15) is 0 Å². The molecule has 0 aliphatic carbocycles. The van der Waals surface area contributed by atoms with Crippen molar-refractivity contribution >= 4 is 45.6 Å². The summed E-state index contributed by atoms with van der Waals surface area (Å²) in [6.45, 7) is 8.54. The number of nitrogens with one attached hydrogen (secondary N) is 2. The molecule has 1 saturated heterocycles. The summed E-state index contributed by atoms with van der Waals surface area (Å²) in [4.78, 5) is 10.4. The molecule has 3 aromatic rings. The molecule has 2 N–H and O–H groups in total. The minimum Gasteiger partial charge on any atom is -0.362 e. The van der Waals surface area contributed by atoms with Crippen LogP contribution in [-0.2, 0) is 0 Å². The Balaban J connectivity index is 1.91. The monoisotopic (exact) mass is 502 g/mol. The van der Waals surface area contributed by atoms with Gasteiger partial charge in [-0.2, -0.15) is 0 Å². The highest BCUT2D eigenvalue weighted by Crippen LogP contribution is 2.44. The van der Waals surface area contributed by atoms with Gasteiger partial charge in [0.1, 0.15) is 0 Å². The molecule has 144 valence electrons. The zero-order chi connectivity index (χ0) is 20.0. The number of pyridine rings is 1. The summed E-state index contributed by atoms with van der Waals surface area (Å²) in [6.07, 6.45) is 1.84. The van der Waals surface area contributed by atoms with E-state index in [1.807, 2.05) is 18.3 Å². The van der Waals surface area contributed by atoms with Crippen molar-refractivity contribution in [3.05, 3.63) is 79.9 Å². The molecule has 0 spiro atoms. The van der Waals surface area contributed by atoms with E-state index < -0.39 is 0 Å². The standard InChI is InChI=1S/C22H23IN4S/c1-12-8-9-16(11-13(12)2)27-21(18-14(3)25-15(4)19(18)23)20(26-22(27)28)17-7-5-6-10-24-17/h5-11,20-21,25H,1-4H3,(H,26,28)/t20-,21+/m1/s1. The first kappa shape index (κ1) is 19.4. The number of halogens is 1. The molecule has 0 bridgehead atoms. The third-order valence-electron chi connectivity index (χ3n) is 5.51. The molecule has 2 atom stereocenters. The van der Waals surface area contributed by atoms with Crippen LogP contribution in [0.3, 0.4) is 0 Å². The number of nitrogens with zero attached hydrogens (tertiary/aromatic N) is 2. The van der Waals surface area contributed by atoms with Gasteiger partial charge in [0, 0.05) is 32.4 Å². The third-order valence-corrected chi connectivity index (χ3v) is 7.21. The highest BCUT2D eigenvalue weighted by molar-refractivity contribution is 14.1. The van der Waals surface area contributed by atoms with Crippen LogP contribution in [0.15, 0.2) is 42.6 Å². The number of anilines is 1. The van der Waals surface area contributed by atoms with Crippen molar-refractivity contribution < 1.29 is 0 Å². The van der Waals surface area contributed by atoms with Gasteiger partial charge in [0.2, 0.25) is 0 Å². The fourth-order valence-corrected chi connectivity index (χ4v) is 5.13. The number of aryl methyl sites for hydroxylation is 4. The van der Waals surface area contributed by atoms with E-state index in [-0.39, 0.29) is 12.1 Å². The Labute approximate surface area is 184 Å². The topological polar surface area (TPSA) is 44.0 Å². The lowest BCUT2D eigenvalue weighted by molar-refractivity contribution is 0.564. The first-order chi connectivity index (χ1) is 13.4. The third kappa shape index (κ3) is 3.22. The summed E-state index contributed by atoms with van der Waals surface area (Å²) in [5.74, 6) is 0. The van der Waals surface area contributed by atoms with Crippen LogP contribution in [0, 0.1) is 31.3 Å². The van der Waals surface area contributed by atoms with Crippen molar-refractivity contribution in [3.63, 3.8) is 0 Å². The fraction of sp³-hybridized carbons (Fsp3) is 0.273. The van der Waals surface area contributed by atoms with E-state index in [4.69, 9.17) is 12.2 Å². The molecule has 1 aliphatic rings. The lowest BCUT2D eigenvalue weighted by Crippen LogP contribution is -2.30. The number of hydrogen-bond donors (Lipinski definition) is 2. The van der Waals surface area contributed by atoms with Crippen molar-refractivity contribution in [1.82, 2.24) is 15.3 Å². The molecule has 0 radical (unpaired) electrons. The van der Waals surface area contributed by atoms with Crippen LogP contribution in [0.5, 0.6) is 0 Å². The SMILES string of the molecule is Cc1ccc(N2C(=S)N[C@H](c3ccccn3)[C@@H]2c2c(C)[nH]c(C)c2I)cc1C. The molecule has 0 saturated carbocycles. The Hall–Kier alpha value is -1.93. The average molecular weight is 502 g/mol. The number of aromatic nitrogens is 2. The molecule has 4 rings (SSSR count). The molecule has 2 aromatic heterocycles. The van der Waals surface area contributed by atoms with Crippen LogP contribution in [0.1, 0.15) is 45.9 Å². The van der Waals surface area contributed by atoms with Gasteiger partial charge in [-0.05, 0) is 97.9 Å². The molecule has 0 unspecified atom stereocenters. The van der Waals surface area contributed by atoms with Crippen molar-refractivity contribution in [2.75, 3.05) is 4.90 Å². The fourth-order valence-electron chi connectivity index (χ4n) is 3.92. The molecule has 0 amide bonds. The summed E-state index contributed by atoms with van der Waals surface area (Å²) in [5, 5.41) is 4.28. The average Bonchev–Trinajstić information content (AvgIpc) is 3.13. The molecule has 1 fully saturated rings. The van der Waals surface area contributed by atoms with Crippen molar-refractivity contribution in [1.29, 1.82) is 0 Å². The van der Waals surface area contributed by atoms with Gasteiger partial charge in [0.05, 0.1) is 17.8 Å². The van der Waals surface area contributed by atoms with Gasteiger partial charge < -0.3 is 15.2 Å². The Morgan fingerprint density at radius 2 is 1.82 bits per heavy atom. The van der Waals surface area contributed by atoms with Gasteiger partial charge in [-0.1, -0.05) is 12.1 Å². The number of thiocarbonyl (C=S) groups is 1. The number of benzene rings is 1. The molecule has 3 heterocycles. The Morgan fingerprint density at radius 3 is 2.43 bits per heavy atom. The van der Waals surface area contributed by atoms with Gasteiger partial charge >= 0.3 is 0 Å². The predicted octanol–water partition coefficient (Wildman–Crippen LogP) is 5.43. The molecule has 28 heavy (non-hydrogen) atoms. The zero-order valence-electron chi connectivity index (χ0n) is 16.4. The highest BCUT2D eigenvalue weighted by atomic mass is 127. The Morgan fingerprint density at radius 1 is 1.04 bits per heavy atom. The van der Waals surface area contributed by atoms with Crippen molar-refractivity contribution in [2.45, 2.75) is 39.8 Å². The summed E-state index contributed by atoms with van der Waals surface area (Å²) in [6, 6.07) is 12.6. The number of H-pyrrole nitrogens is 1. The maximum Gasteiger partial charge on any atom is 0.174 e. The van der Waals surface area contributed by atoms with Gasteiger partial charge in [-0.3, -0.25) is 4.98 Å². The number of rotatable bonds is 3. The molecule has 6 heteroatoms. The lowest BCUT2D eigenvalue weighted by atomic mass is 9.96. The first-order valence-electron chi connectivity index (χ1n) is 9.31. The first-order valence-corrected chi connectivity index (χ1v) is 10.8. The zero-order valence-corrected chi connectivity index (χ0v) is 19.4. The summed E-state index contributed by atoms with van der Waals surface area (Å²) in [5.41, 5.74) is 8.28. The van der Waals surface area contributed by atoms with Crippen LogP contribution in [-0.4, -0.2) is 15.1 Å². The Bertz CT molecular complexity index is 1040. The Kier molecular flexibility index (Phi) is 5.18. The summed E-state index contributed by atoms with van der Waals surface area (Å²) >= 11 is 8.26. The summed E-state index contributed by atoms with van der Waals surface area (Å²) < 4.78 is 1.25. The van der Waals surface area contributed by atoms with Crippen LogP contribution in [0.4, 0.5) is 5.69 Å². The van der Waals surface area contributed by atoms with Crippen LogP contribution in [0.2, 0.25) is 0 Å². The molecule has 1 aromatic carbocycles. The molecular formula is C22H23IN4S. The van der Waals surface area contributed by atoms with Crippen molar-refractivity contribution in [3.8, 4) is 0 Å². The second-order valence-corrected chi connectivity index (χ2v) is 8.83. The van der Waals surface area contributed by atoms with E-state index in [1.54, 1.807) is 0 Å². The summed E-state index contributed by atoms with van der Waals surface area (Å²) in [7, 11) is 0. The minimum absolute atomic E-state index is 0.0160. The number of hydrogen-bond acceptors (Lipinski definition) is 2. The van der Waals surface area contributed by atoms with E-state index in [0.717, 1.165) is 16.5 Å². The van der Waals surface area contributed by atoms with Crippen LogP contribution < -0.4 is 10.2 Å². The molecule has 1 aliphatic heterocycles. The van der Waals surface area contributed by atoms with Gasteiger partial charge in [0.15, 0.2) is 5.11 Å². The van der Waals surface area contributed by atoms with Gasteiger partial charge in [-0.15, -0.1) is 0 Å². The smallest absolute Gasteiger partial charge is 0.174 e. The van der Waals surface area contributed by atoms with Crippen molar-refractivity contribution in [2.24, 2.45) is 0 Å².